The first-order valence-electron chi connectivity index (χ1n) is 9.28. The number of amides is 1. The molecule has 0 aliphatic rings. The van der Waals surface area contributed by atoms with Crippen LogP contribution in [0.25, 0.3) is 10.9 Å². The van der Waals surface area contributed by atoms with E-state index in [1.165, 1.54) is 0 Å². The Morgan fingerprint density at radius 1 is 1.13 bits per heavy atom. The standard InChI is InChI=1S/C21H21Br2N5O3/c1-13(14-4-6-15(22)7-5-14)26-31-11-19(29)24-25-20-17-10-16(23)8-9-18(17)28(21(20)30)12-27(2)3/h4-10,30H,11-12H2,1-3H3/b25-24?,26-13+. The highest BCUT2D eigenvalue weighted by Crippen LogP contribution is 2.40. The van der Waals surface area contributed by atoms with Gasteiger partial charge in [-0.15, -0.1) is 10.2 Å². The third-order valence-electron chi connectivity index (χ3n) is 4.31. The van der Waals surface area contributed by atoms with Crippen molar-refractivity contribution in [1.29, 1.82) is 0 Å². The molecule has 0 saturated carbocycles. The Balaban J connectivity index is 1.74. The summed E-state index contributed by atoms with van der Waals surface area (Å²) in [5.41, 5.74) is 2.51. The van der Waals surface area contributed by atoms with Crippen molar-refractivity contribution in [2.45, 2.75) is 13.6 Å². The molecule has 0 atom stereocenters. The van der Waals surface area contributed by atoms with E-state index >= 15 is 0 Å². The van der Waals surface area contributed by atoms with E-state index in [9.17, 15) is 9.90 Å². The first-order chi connectivity index (χ1) is 14.8. The van der Waals surface area contributed by atoms with Crippen molar-refractivity contribution >= 4 is 60.1 Å². The van der Waals surface area contributed by atoms with Crippen LogP contribution in [0.1, 0.15) is 12.5 Å². The zero-order chi connectivity index (χ0) is 22.5. The fraction of sp³-hybridized carbons (Fsp3) is 0.238. The minimum atomic E-state index is -0.615. The van der Waals surface area contributed by atoms with Crippen molar-refractivity contribution < 1.29 is 14.7 Å². The van der Waals surface area contributed by atoms with E-state index < -0.39 is 5.91 Å². The van der Waals surface area contributed by atoms with Crippen molar-refractivity contribution in [2.24, 2.45) is 15.4 Å². The van der Waals surface area contributed by atoms with Crippen molar-refractivity contribution in [3.05, 3.63) is 57.0 Å². The summed E-state index contributed by atoms with van der Waals surface area (Å²) in [6.07, 6.45) is 0. The number of hydrogen-bond donors (Lipinski definition) is 1. The minimum absolute atomic E-state index is 0.0663. The monoisotopic (exact) mass is 549 g/mol. The molecule has 1 N–H and O–H groups in total. The Morgan fingerprint density at radius 3 is 2.48 bits per heavy atom. The van der Waals surface area contributed by atoms with E-state index in [-0.39, 0.29) is 18.2 Å². The molecule has 0 aliphatic carbocycles. The number of rotatable bonds is 7. The molecule has 0 saturated heterocycles. The summed E-state index contributed by atoms with van der Waals surface area (Å²) >= 11 is 6.80. The molecule has 1 amide bonds. The number of carbonyl (C=O) groups is 1. The highest BCUT2D eigenvalue weighted by Gasteiger charge is 2.18. The second-order valence-electron chi connectivity index (χ2n) is 7.03. The van der Waals surface area contributed by atoms with Gasteiger partial charge in [0.1, 0.15) is 0 Å². The van der Waals surface area contributed by atoms with Crippen molar-refractivity contribution in [2.75, 3.05) is 20.7 Å². The first-order valence-corrected chi connectivity index (χ1v) is 10.9. The van der Waals surface area contributed by atoms with Gasteiger partial charge in [-0.2, -0.15) is 0 Å². The summed E-state index contributed by atoms with van der Waals surface area (Å²) in [5.74, 6) is -0.682. The molecule has 31 heavy (non-hydrogen) atoms. The van der Waals surface area contributed by atoms with Crippen LogP contribution in [-0.2, 0) is 16.3 Å². The van der Waals surface area contributed by atoms with Crippen molar-refractivity contribution in [3.8, 4) is 5.88 Å². The highest BCUT2D eigenvalue weighted by molar-refractivity contribution is 9.10. The van der Waals surface area contributed by atoms with Crippen LogP contribution >= 0.6 is 31.9 Å². The number of nitrogens with zero attached hydrogens (tertiary/aromatic N) is 5. The van der Waals surface area contributed by atoms with Gasteiger partial charge in [0.15, 0.2) is 12.3 Å². The molecule has 10 heteroatoms. The molecular weight excluding hydrogens is 530 g/mol. The van der Waals surface area contributed by atoms with Gasteiger partial charge in [-0.05, 0) is 56.9 Å². The number of halogens is 2. The average molecular weight is 551 g/mol. The van der Waals surface area contributed by atoms with Gasteiger partial charge in [0.05, 0.1) is 17.9 Å². The number of hydrogen-bond acceptors (Lipinski definition) is 6. The number of fused-ring (bicyclic) bond motifs is 1. The third-order valence-corrected chi connectivity index (χ3v) is 5.33. The maximum Gasteiger partial charge on any atom is 0.304 e. The SMILES string of the molecule is C/C(=N\OCC(=O)N=Nc1c(O)n(CN(C)C)c2ccc(Br)cc12)c1ccc(Br)cc1. The van der Waals surface area contributed by atoms with Crippen molar-refractivity contribution in [1.82, 2.24) is 9.47 Å². The molecule has 0 radical (unpaired) electrons. The second kappa shape index (κ2) is 10.2. The molecule has 3 rings (SSSR count). The smallest absolute Gasteiger partial charge is 0.304 e. The van der Waals surface area contributed by atoms with Crippen molar-refractivity contribution in [3.63, 3.8) is 0 Å². The van der Waals surface area contributed by atoms with Crippen LogP contribution < -0.4 is 0 Å². The van der Waals surface area contributed by atoms with E-state index in [0.717, 1.165) is 20.0 Å². The average Bonchev–Trinajstić information content (AvgIpc) is 2.96. The Labute approximate surface area is 196 Å². The Hall–Kier alpha value is -2.56. The predicted molar refractivity (Wildman–Crippen MR) is 127 cm³/mol. The number of carbonyl (C=O) groups excluding carboxylic acids is 1. The molecular formula is C21H21Br2N5O3. The maximum absolute atomic E-state index is 12.1. The lowest BCUT2D eigenvalue weighted by Gasteiger charge is -2.13. The second-order valence-corrected chi connectivity index (χ2v) is 8.86. The Bertz CT molecular complexity index is 1150. The van der Waals surface area contributed by atoms with Gasteiger partial charge in [-0.1, -0.05) is 49.1 Å². The largest absolute Gasteiger partial charge is 0.493 e. The third kappa shape index (κ3) is 5.78. The molecule has 162 valence electrons. The number of aromatic hydroxyl groups is 1. The molecule has 0 unspecified atom stereocenters. The van der Waals surface area contributed by atoms with Gasteiger partial charge in [0.25, 0.3) is 0 Å². The topological polar surface area (TPSA) is 91.8 Å². The fourth-order valence-corrected chi connectivity index (χ4v) is 3.51. The number of azo groups is 1. The first kappa shape index (κ1) is 23.1. The lowest BCUT2D eigenvalue weighted by atomic mass is 10.1. The highest BCUT2D eigenvalue weighted by atomic mass is 79.9. The summed E-state index contributed by atoms with van der Waals surface area (Å²) in [6.45, 7) is 1.86. The molecule has 0 aliphatic heterocycles. The molecule has 1 heterocycles. The van der Waals surface area contributed by atoms with Crippen LogP contribution in [0, 0.1) is 0 Å². The van der Waals surface area contributed by atoms with Gasteiger partial charge in [-0.3, -0.25) is 14.3 Å². The maximum atomic E-state index is 12.1. The van der Waals surface area contributed by atoms with Crippen LogP contribution in [0.15, 0.2) is 66.8 Å². The van der Waals surface area contributed by atoms with Gasteiger partial charge < -0.3 is 9.94 Å². The van der Waals surface area contributed by atoms with Gasteiger partial charge in [0, 0.05) is 14.3 Å². The van der Waals surface area contributed by atoms with Gasteiger partial charge in [0.2, 0.25) is 5.88 Å². The number of aromatic nitrogens is 1. The zero-order valence-electron chi connectivity index (χ0n) is 17.2. The quantitative estimate of drug-likeness (QED) is 0.241. The van der Waals surface area contributed by atoms with Crippen LogP contribution in [0.5, 0.6) is 5.88 Å². The van der Waals surface area contributed by atoms with E-state index in [1.54, 1.807) is 11.5 Å². The summed E-state index contributed by atoms with van der Waals surface area (Å²) in [7, 11) is 3.78. The normalized spacial score (nSPS) is 12.3. The molecule has 1 aromatic heterocycles. The lowest BCUT2D eigenvalue weighted by molar-refractivity contribution is -0.122. The molecule has 0 bridgehead atoms. The van der Waals surface area contributed by atoms with Gasteiger partial charge >= 0.3 is 5.91 Å². The number of oxime groups is 1. The Kier molecular flexibility index (Phi) is 7.58. The summed E-state index contributed by atoms with van der Waals surface area (Å²) in [4.78, 5) is 19.1. The number of benzene rings is 2. The van der Waals surface area contributed by atoms with E-state index in [4.69, 9.17) is 4.84 Å². The minimum Gasteiger partial charge on any atom is -0.493 e. The van der Waals surface area contributed by atoms with E-state index in [2.05, 4.69) is 47.2 Å². The van der Waals surface area contributed by atoms with Crippen LogP contribution in [-0.4, -0.2) is 46.9 Å². The summed E-state index contributed by atoms with van der Waals surface area (Å²) in [5, 5.41) is 23.0. The molecule has 2 aromatic carbocycles. The van der Waals surface area contributed by atoms with Crippen LogP contribution in [0.3, 0.4) is 0 Å². The van der Waals surface area contributed by atoms with Gasteiger partial charge in [-0.25, -0.2) is 0 Å². The zero-order valence-corrected chi connectivity index (χ0v) is 20.4. The van der Waals surface area contributed by atoms with Crippen LogP contribution in [0.4, 0.5) is 5.69 Å². The molecule has 0 spiro atoms. The summed E-state index contributed by atoms with van der Waals surface area (Å²) < 4.78 is 3.48. The van der Waals surface area contributed by atoms with Crippen LogP contribution in [0.2, 0.25) is 0 Å². The van der Waals surface area contributed by atoms with E-state index in [0.29, 0.717) is 17.8 Å². The predicted octanol–water partition coefficient (Wildman–Crippen LogP) is 5.44. The Morgan fingerprint density at radius 2 is 1.81 bits per heavy atom. The lowest BCUT2D eigenvalue weighted by Crippen LogP contribution is -2.16. The summed E-state index contributed by atoms with van der Waals surface area (Å²) in [6, 6.07) is 13.1. The molecule has 8 nitrogen and oxygen atoms in total. The van der Waals surface area contributed by atoms with E-state index in [1.807, 2.05) is 61.5 Å². The fourth-order valence-electron chi connectivity index (χ4n) is 2.88. The molecule has 3 aromatic rings. The molecule has 0 fully saturated rings.